The van der Waals surface area contributed by atoms with Crippen molar-refractivity contribution in [2.75, 3.05) is 19.6 Å². The summed E-state index contributed by atoms with van der Waals surface area (Å²) < 4.78 is 0. The highest BCUT2D eigenvalue weighted by molar-refractivity contribution is 14.0. The maximum absolute atomic E-state index is 4.65. The summed E-state index contributed by atoms with van der Waals surface area (Å²) in [6.45, 7) is 4.76. The minimum Gasteiger partial charge on any atom is -0.357 e. The van der Waals surface area contributed by atoms with E-state index in [1.165, 1.54) is 10.4 Å². The number of aliphatic imine (C=N–C) groups is 1. The topological polar surface area (TPSA) is 36.4 Å². The second-order valence-corrected chi connectivity index (χ2v) is 6.14. The first-order chi connectivity index (χ1) is 10.9. The molecule has 1 aromatic heterocycles. The maximum atomic E-state index is 4.65. The highest BCUT2D eigenvalue weighted by Gasteiger charge is 1.98. The Balaban J connectivity index is 0.00000264. The molecule has 126 valence electrons. The molecule has 2 aromatic rings. The van der Waals surface area contributed by atoms with Crippen molar-refractivity contribution in [2.24, 2.45) is 4.99 Å². The number of nitrogens with zero attached hydrogens (tertiary/aromatic N) is 1. The second kappa shape index (κ2) is 12.4. The Kier molecular flexibility index (Phi) is 10.7. The molecule has 2 rings (SSSR count). The maximum Gasteiger partial charge on any atom is 0.191 e. The van der Waals surface area contributed by atoms with E-state index in [1.54, 1.807) is 11.3 Å². The van der Waals surface area contributed by atoms with Crippen LogP contribution in [0.15, 0.2) is 52.8 Å². The Bertz CT molecular complexity index is 541. The molecule has 3 nitrogen and oxygen atoms in total. The molecule has 0 saturated heterocycles. The van der Waals surface area contributed by atoms with Gasteiger partial charge in [0, 0.05) is 24.5 Å². The molecule has 1 aromatic carbocycles. The van der Waals surface area contributed by atoms with Crippen LogP contribution in [0.25, 0.3) is 0 Å². The fraction of sp³-hybridized carbons (Fsp3) is 0.389. The standard InChI is InChI=1S/C18H25N3S.HI/c1-2-19-18(21-14-12-17-11-7-15-22-17)20-13-6-10-16-8-4-3-5-9-16;/h3-5,7-9,11,15H,2,6,10,12-14H2,1H3,(H2,19,20,21);1H. The van der Waals surface area contributed by atoms with Crippen LogP contribution in [0.2, 0.25) is 0 Å². The summed E-state index contributed by atoms with van der Waals surface area (Å²) in [5, 5.41) is 8.83. The molecule has 23 heavy (non-hydrogen) atoms. The van der Waals surface area contributed by atoms with Gasteiger partial charge < -0.3 is 10.6 Å². The number of aryl methyl sites for hydroxylation is 1. The molecule has 0 atom stereocenters. The van der Waals surface area contributed by atoms with E-state index in [1.807, 2.05) is 0 Å². The quantitative estimate of drug-likeness (QED) is 0.279. The molecule has 0 radical (unpaired) electrons. The van der Waals surface area contributed by atoms with Crippen molar-refractivity contribution in [3.8, 4) is 0 Å². The van der Waals surface area contributed by atoms with Crippen molar-refractivity contribution in [2.45, 2.75) is 26.2 Å². The van der Waals surface area contributed by atoms with E-state index in [9.17, 15) is 0 Å². The minimum atomic E-state index is 0. The number of rotatable bonds is 8. The summed E-state index contributed by atoms with van der Waals surface area (Å²) in [4.78, 5) is 6.05. The molecule has 0 aliphatic carbocycles. The summed E-state index contributed by atoms with van der Waals surface area (Å²) in [7, 11) is 0. The minimum absolute atomic E-state index is 0. The fourth-order valence-corrected chi connectivity index (χ4v) is 2.93. The van der Waals surface area contributed by atoms with Crippen molar-refractivity contribution < 1.29 is 0 Å². The lowest BCUT2D eigenvalue weighted by atomic mass is 10.1. The number of hydrogen-bond donors (Lipinski definition) is 2. The van der Waals surface area contributed by atoms with Crippen molar-refractivity contribution in [3.63, 3.8) is 0 Å². The van der Waals surface area contributed by atoms with Crippen LogP contribution in [0.3, 0.4) is 0 Å². The van der Waals surface area contributed by atoms with Gasteiger partial charge in [0.15, 0.2) is 5.96 Å². The number of thiophene rings is 1. The van der Waals surface area contributed by atoms with Crippen LogP contribution in [-0.2, 0) is 12.8 Å². The van der Waals surface area contributed by atoms with Gasteiger partial charge in [-0.25, -0.2) is 0 Å². The predicted molar refractivity (Wildman–Crippen MR) is 112 cm³/mol. The molecule has 0 bridgehead atoms. The molecule has 1 heterocycles. The Morgan fingerprint density at radius 3 is 2.57 bits per heavy atom. The molecule has 5 heteroatoms. The molecule has 0 spiro atoms. The average molecular weight is 443 g/mol. The highest BCUT2D eigenvalue weighted by Crippen LogP contribution is 2.08. The lowest BCUT2D eigenvalue weighted by molar-refractivity contribution is 0.779. The van der Waals surface area contributed by atoms with Gasteiger partial charge in [0.25, 0.3) is 0 Å². The van der Waals surface area contributed by atoms with Gasteiger partial charge in [-0.3, -0.25) is 4.99 Å². The van der Waals surface area contributed by atoms with E-state index in [0.29, 0.717) is 0 Å². The van der Waals surface area contributed by atoms with E-state index in [0.717, 1.165) is 44.9 Å². The lowest BCUT2D eigenvalue weighted by Gasteiger charge is -2.10. The average Bonchev–Trinajstić information content (AvgIpc) is 3.06. The second-order valence-electron chi connectivity index (χ2n) is 5.11. The van der Waals surface area contributed by atoms with Crippen LogP contribution in [0.1, 0.15) is 23.8 Å². The van der Waals surface area contributed by atoms with Crippen molar-refractivity contribution in [1.82, 2.24) is 10.6 Å². The Labute approximate surface area is 160 Å². The van der Waals surface area contributed by atoms with Crippen molar-refractivity contribution >= 4 is 41.3 Å². The van der Waals surface area contributed by atoms with E-state index in [-0.39, 0.29) is 24.0 Å². The first-order valence-electron chi connectivity index (χ1n) is 7.97. The predicted octanol–water partition coefficient (Wildman–Crippen LogP) is 4.10. The monoisotopic (exact) mass is 443 g/mol. The van der Waals surface area contributed by atoms with Gasteiger partial charge in [-0.05, 0) is 43.2 Å². The van der Waals surface area contributed by atoms with Gasteiger partial charge in [-0.2, -0.15) is 0 Å². The first kappa shape index (κ1) is 20.0. The van der Waals surface area contributed by atoms with Gasteiger partial charge >= 0.3 is 0 Å². The van der Waals surface area contributed by atoms with Crippen LogP contribution in [0.5, 0.6) is 0 Å². The summed E-state index contributed by atoms with van der Waals surface area (Å²) in [6, 6.07) is 14.9. The molecule has 0 aliphatic heterocycles. The summed E-state index contributed by atoms with van der Waals surface area (Å²) in [5.41, 5.74) is 1.38. The van der Waals surface area contributed by atoms with E-state index in [4.69, 9.17) is 0 Å². The van der Waals surface area contributed by atoms with E-state index >= 15 is 0 Å². The lowest BCUT2D eigenvalue weighted by Crippen LogP contribution is -2.38. The highest BCUT2D eigenvalue weighted by atomic mass is 127. The van der Waals surface area contributed by atoms with Crippen LogP contribution in [0.4, 0.5) is 0 Å². The fourth-order valence-electron chi connectivity index (χ4n) is 2.22. The zero-order valence-corrected chi connectivity index (χ0v) is 16.8. The molecule has 0 saturated carbocycles. The normalized spacial score (nSPS) is 10.9. The van der Waals surface area contributed by atoms with Crippen molar-refractivity contribution in [1.29, 1.82) is 0 Å². The smallest absolute Gasteiger partial charge is 0.191 e. The molecular formula is C18H26IN3S. The number of hydrogen-bond acceptors (Lipinski definition) is 2. The van der Waals surface area contributed by atoms with Crippen LogP contribution < -0.4 is 10.6 Å². The van der Waals surface area contributed by atoms with Crippen LogP contribution in [0, 0.1) is 0 Å². The van der Waals surface area contributed by atoms with Gasteiger partial charge in [0.05, 0.1) is 0 Å². The molecule has 0 unspecified atom stereocenters. The van der Waals surface area contributed by atoms with Gasteiger partial charge in [-0.1, -0.05) is 36.4 Å². The Hall–Kier alpha value is -1.08. The zero-order chi connectivity index (χ0) is 15.5. The number of nitrogens with one attached hydrogen (secondary N) is 2. The number of halogens is 1. The third kappa shape index (κ3) is 8.37. The van der Waals surface area contributed by atoms with Gasteiger partial charge in [-0.15, -0.1) is 35.3 Å². The number of benzene rings is 1. The van der Waals surface area contributed by atoms with E-state index in [2.05, 4.69) is 70.4 Å². The molecule has 2 N–H and O–H groups in total. The van der Waals surface area contributed by atoms with Gasteiger partial charge in [0.1, 0.15) is 0 Å². The molecule has 0 fully saturated rings. The van der Waals surface area contributed by atoms with E-state index < -0.39 is 0 Å². The zero-order valence-electron chi connectivity index (χ0n) is 13.6. The van der Waals surface area contributed by atoms with Gasteiger partial charge in [0.2, 0.25) is 0 Å². The number of guanidine groups is 1. The Morgan fingerprint density at radius 1 is 1.04 bits per heavy atom. The van der Waals surface area contributed by atoms with Crippen LogP contribution in [-0.4, -0.2) is 25.6 Å². The largest absolute Gasteiger partial charge is 0.357 e. The summed E-state index contributed by atoms with van der Waals surface area (Å²) in [5.74, 6) is 0.923. The van der Waals surface area contributed by atoms with Crippen molar-refractivity contribution in [3.05, 3.63) is 58.3 Å². The third-order valence-electron chi connectivity index (χ3n) is 3.32. The Morgan fingerprint density at radius 2 is 1.87 bits per heavy atom. The molecule has 0 aliphatic rings. The SMILES string of the molecule is CCNC(=NCCCc1ccccc1)NCCc1cccs1.I. The van der Waals surface area contributed by atoms with Crippen LogP contribution >= 0.6 is 35.3 Å². The summed E-state index contributed by atoms with van der Waals surface area (Å²) in [6.07, 6.45) is 3.20. The summed E-state index contributed by atoms with van der Waals surface area (Å²) >= 11 is 1.81. The first-order valence-corrected chi connectivity index (χ1v) is 8.85. The molecular weight excluding hydrogens is 417 g/mol. The third-order valence-corrected chi connectivity index (χ3v) is 4.26. The molecule has 0 amide bonds.